The fourth-order valence-corrected chi connectivity index (χ4v) is 2.13. The van der Waals surface area contributed by atoms with Crippen LogP contribution in [0.15, 0.2) is 65.8 Å². The summed E-state index contributed by atoms with van der Waals surface area (Å²) in [5, 5.41) is 6.39. The van der Waals surface area contributed by atoms with Gasteiger partial charge in [0.2, 0.25) is 5.91 Å². The molecule has 23 heavy (non-hydrogen) atoms. The number of nitrogens with one attached hydrogen (secondary N) is 1. The fraction of sp³-hybridized carbons (Fsp3) is 0.0625. The van der Waals surface area contributed by atoms with E-state index in [1.54, 1.807) is 42.9 Å². The normalized spacial score (nSPS) is 10.5. The lowest BCUT2D eigenvalue weighted by Crippen LogP contribution is -2.20. The maximum absolute atomic E-state index is 14.2. The lowest BCUT2D eigenvalue weighted by Gasteiger charge is -2.09. The van der Waals surface area contributed by atoms with E-state index in [0.29, 0.717) is 5.69 Å². The number of amides is 1. The van der Waals surface area contributed by atoms with Crippen molar-refractivity contribution >= 4 is 11.6 Å². The van der Waals surface area contributed by atoms with Gasteiger partial charge in [-0.2, -0.15) is 5.10 Å². The number of halogens is 1. The van der Waals surface area contributed by atoms with E-state index in [9.17, 15) is 14.0 Å². The summed E-state index contributed by atoms with van der Waals surface area (Å²) in [6, 6.07) is 10.6. The van der Waals surface area contributed by atoms with Gasteiger partial charge in [0, 0.05) is 30.7 Å². The largest absolute Gasteiger partial charge is 0.322 e. The van der Waals surface area contributed by atoms with E-state index in [1.807, 2.05) is 0 Å². The maximum atomic E-state index is 14.2. The van der Waals surface area contributed by atoms with Crippen LogP contribution in [0.1, 0.15) is 0 Å². The van der Waals surface area contributed by atoms with Crippen molar-refractivity contribution in [1.82, 2.24) is 14.3 Å². The molecule has 0 bridgehead atoms. The van der Waals surface area contributed by atoms with Crippen molar-refractivity contribution < 1.29 is 9.18 Å². The van der Waals surface area contributed by atoms with Crippen LogP contribution in [-0.4, -0.2) is 20.3 Å². The summed E-state index contributed by atoms with van der Waals surface area (Å²) in [6.45, 7) is -0.00760. The van der Waals surface area contributed by atoms with Crippen LogP contribution in [0.4, 0.5) is 10.1 Å². The third-order valence-electron chi connectivity index (χ3n) is 3.19. The smallest absolute Gasteiger partial charge is 0.255 e. The highest BCUT2D eigenvalue weighted by Crippen LogP contribution is 2.17. The number of nitrogens with zero attached hydrogens (tertiary/aromatic N) is 3. The van der Waals surface area contributed by atoms with E-state index in [-0.39, 0.29) is 17.8 Å². The summed E-state index contributed by atoms with van der Waals surface area (Å²) >= 11 is 0. The standard InChI is InChI=1S/C16H13FN4O2/c17-13-10-12(21-9-2-1-4-16(21)23)5-6-14(13)19-15(22)11-20-8-3-7-18-20/h1-10H,11H2,(H,19,22). The Morgan fingerprint density at radius 3 is 2.74 bits per heavy atom. The first-order chi connectivity index (χ1) is 11.1. The zero-order chi connectivity index (χ0) is 16.2. The Morgan fingerprint density at radius 1 is 1.17 bits per heavy atom. The van der Waals surface area contributed by atoms with E-state index < -0.39 is 11.7 Å². The molecule has 7 heteroatoms. The number of aromatic nitrogens is 3. The van der Waals surface area contributed by atoms with E-state index >= 15 is 0 Å². The molecule has 1 aromatic carbocycles. The molecule has 0 spiro atoms. The zero-order valence-electron chi connectivity index (χ0n) is 12.0. The van der Waals surface area contributed by atoms with Gasteiger partial charge in [0.25, 0.3) is 5.56 Å². The predicted molar refractivity (Wildman–Crippen MR) is 82.9 cm³/mol. The van der Waals surface area contributed by atoms with Gasteiger partial charge in [-0.05, 0) is 24.3 Å². The molecule has 2 aromatic heterocycles. The Balaban J connectivity index is 1.78. The summed E-state index contributed by atoms with van der Waals surface area (Å²) in [5.74, 6) is -1.01. The summed E-state index contributed by atoms with van der Waals surface area (Å²) in [4.78, 5) is 23.6. The molecule has 0 saturated heterocycles. The lowest BCUT2D eigenvalue weighted by molar-refractivity contribution is -0.116. The van der Waals surface area contributed by atoms with Crippen LogP contribution < -0.4 is 10.9 Å². The molecule has 0 fully saturated rings. The minimum atomic E-state index is -0.618. The maximum Gasteiger partial charge on any atom is 0.255 e. The van der Waals surface area contributed by atoms with Crippen molar-refractivity contribution in [3.63, 3.8) is 0 Å². The van der Waals surface area contributed by atoms with Crippen molar-refractivity contribution in [3.05, 3.63) is 77.2 Å². The summed E-state index contributed by atoms with van der Waals surface area (Å²) in [6.07, 6.45) is 4.74. The van der Waals surface area contributed by atoms with Gasteiger partial charge in [-0.1, -0.05) is 6.07 Å². The number of benzene rings is 1. The minimum Gasteiger partial charge on any atom is -0.322 e. The molecule has 0 aliphatic heterocycles. The molecule has 0 aliphatic rings. The van der Waals surface area contributed by atoms with Gasteiger partial charge in [-0.3, -0.25) is 18.8 Å². The molecule has 116 valence electrons. The number of pyridine rings is 1. The second kappa shape index (κ2) is 6.27. The van der Waals surface area contributed by atoms with Crippen molar-refractivity contribution in [2.75, 3.05) is 5.32 Å². The molecular formula is C16H13FN4O2. The first-order valence-electron chi connectivity index (χ1n) is 6.88. The quantitative estimate of drug-likeness (QED) is 0.799. The highest BCUT2D eigenvalue weighted by atomic mass is 19.1. The van der Waals surface area contributed by atoms with Crippen LogP contribution >= 0.6 is 0 Å². The van der Waals surface area contributed by atoms with Gasteiger partial charge in [-0.25, -0.2) is 4.39 Å². The van der Waals surface area contributed by atoms with Crippen molar-refractivity contribution in [2.24, 2.45) is 0 Å². The first-order valence-corrected chi connectivity index (χ1v) is 6.88. The van der Waals surface area contributed by atoms with Crippen molar-refractivity contribution in [1.29, 1.82) is 0 Å². The monoisotopic (exact) mass is 312 g/mol. The predicted octanol–water partition coefficient (Wildman–Crippen LogP) is 1.81. The number of rotatable bonds is 4. The molecule has 0 unspecified atom stereocenters. The SMILES string of the molecule is O=C(Cn1cccn1)Nc1ccc(-n2ccccc2=O)cc1F. The van der Waals surface area contributed by atoms with Crippen LogP contribution in [0.2, 0.25) is 0 Å². The Hall–Kier alpha value is -3.22. The van der Waals surface area contributed by atoms with Gasteiger partial charge < -0.3 is 5.32 Å². The number of carbonyl (C=O) groups is 1. The number of anilines is 1. The van der Waals surface area contributed by atoms with Crippen molar-refractivity contribution in [3.8, 4) is 5.69 Å². The van der Waals surface area contributed by atoms with Gasteiger partial charge in [0.05, 0.1) is 11.4 Å². The summed E-state index contributed by atoms with van der Waals surface area (Å²) < 4.78 is 16.9. The van der Waals surface area contributed by atoms with E-state index in [0.717, 1.165) is 0 Å². The molecule has 2 heterocycles. The molecule has 0 atom stereocenters. The minimum absolute atomic E-state index is 0.00760. The topological polar surface area (TPSA) is 68.9 Å². The third kappa shape index (κ3) is 3.34. The average Bonchev–Trinajstić information content (AvgIpc) is 3.03. The highest BCUT2D eigenvalue weighted by Gasteiger charge is 2.09. The van der Waals surface area contributed by atoms with Crippen LogP contribution in [0, 0.1) is 5.82 Å². The molecule has 0 aliphatic carbocycles. The molecule has 0 saturated carbocycles. The second-order valence-corrected chi connectivity index (χ2v) is 4.82. The number of hydrogen-bond acceptors (Lipinski definition) is 3. The average molecular weight is 312 g/mol. The van der Waals surface area contributed by atoms with E-state index in [2.05, 4.69) is 10.4 Å². The van der Waals surface area contributed by atoms with Crippen LogP contribution in [0.3, 0.4) is 0 Å². The summed E-state index contributed by atoms with van der Waals surface area (Å²) in [5.41, 5.74) is 0.176. The molecule has 3 aromatic rings. The van der Waals surface area contributed by atoms with Crippen LogP contribution in [0.5, 0.6) is 0 Å². The molecule has 6 nitrogen and oxygen atoms in total. The number of hydrogen-bond donors (Lipinski definition) is 1. The highest BCUT2D eigenvalue weighted by molar-refractivity contribution is 5.90. The third-order valence-corrected chi connectivity index (χ3v) is 3.19. The van der Waals surface area contributed by atoms with Crippen molar-refractivity contribution in [2.45, 2.75) is 6.54 Å². The number of carbonyl (C=O) groups excluding carboxylic acids is 1. The molecule has 3 rings (SSSR count). The van der Waals surface area contributed by atoms with Gasteiger partial charge in [0.1, 0.15) is 12.4 Å². The fourth-order valence-electron chi connectivity index (χ4n) is 2.13. The zero-order valence-corrected chi connectivity index (χ0v) is 12.0. The Labute approximate surface area is 130 Å². The van der Waals surface area contributed by atoms with Crippen LogP contribution in [0.25, 0.3) is 5.69 Å². The molecule has 1 N–H and O–H groups in total. The lowest BCUT2D eigenvalue weighted by atomic mass is 10.2. The summed E-state index contributed by atoms with van der Waals surface area (Å²) in [7, 11) is 0. The van der Waals surface area contributed by atoms with Gasteiger partial charge in [0.15, 0.2) is 0 Å². The van der Waals surface area contributed by atoms with Gasteiger partial charge in [-0.15, -0.1) is 0 Å². The van der Waals surface area contributed by atoms with Crippen LogP contribution in [-0.2, 0) is 11.3 Å². The second-order valence-electron chi connectivity index (χ2n) is 4.82. The Morgan fingerprint density at radius 2 is 2.04 bits per heavy atom. The van der Waals surface area contributed by atoms with Gasteiger partial charge >= 0.3 is 0 Å². The molecular weight excluding hydrogens is 299 g/mol. The Kier molecular flexibility index (Phi) is 4.01. The first kappa shape index (κ1) is 14.7. The molecule has 0 radical (unpaired) electrons. The van der Waals surface area contributed by atoms with E-state index in [4.69, 9.17) is 0 Å². The molecule has 1 amide bonds. The Bertz CT molecular complexity index is 887. The van der Waals surface area contributed by atoms with E-state index in [1.165, 1.54) is 27.4 Å².